The van der Waals surface area contributed by atoms with Crippen LogP contribution in [0.1, 0.15) is 47.2 Å². The van der Waals surface area contributed by atoms with E-state index < -0.39 is 10.0 Å². The largest absolute Gasteiger partial charge is 0.348 e. The maximum absolute atomic E-state index is 12.6. The van der Waals surface area contributed by atoms with Crippen LogP contribution < -0.4 is 9.62 Å². The predicted octanol–water partition coefficient (Wildman–Crippen LogP) is 3.44. The van der Waals surface area contributed by atoms with Gasteiger partial charge in [0.15, 0.2) is 0 Å². The number of anilines is 1. The normalized spacial score (nSPS) is 14.4. The SMILES string of the molecule is Cc1cc(C)cc(N(CC(=O)N[C@H](C)c2ccc3c(c2)CCC3)S(C)(=O)=O)c1. The number of carbonyl (C=O) groups is 1. The fourth-order valence-electron chi connectivity index (χ4n) is 3.86. The first-order valence-electron chi connectivity index (χ1n) is 9.60. The lowest BCUT2D eigenvalue weighted by Crippen LogP contribution is -2.41. The van der Waals surface area contributed by atoms with Crippen molar-refractivity contribution in [3.05, 3.63) is 64.2 Å². The van der Waals surface area contributed by atoms with Gasteiger partial charge in [-0.1, -0.05) is 24.3 Å². The Balaban J connectivity index is 1.75. The first-order valence-corrected chi connectivity index (χ1v) is 11.5. The van der Waals surface area contributed by atoms with Crippen LogP contribution in [0.25, 0.3) is 0 Å². The van der Waals surface area contributed by atoms with Crippen molar-refractivity contribution in [3.8, 4) is 0 Å². The van der Waals surface area contributed by atoms with Gasteiger partial charge in [0, 0.05) is 0 Å². The molecule has 28 heavy (non-hydrogen) atoms. The third kappa shape index (κ3) is 4.73. The zero-order valence-electron chi connectivity index (χ0n) is 17.0. The first kappa shape index (κ1) is 20.4. The molecule has 6 heteroatoms. The van der Waals surface area contributed by atoms with Crippen LogP contribution in [-0.2, 0) is 27.7 Å². The fraction of sp³-hybridized carbons (Fsp3) is 0.409. The first-order chi connectivity index (χ1) is 13.1. The lowest BCUT2D eigenvalue weighted by atomic mass is 10.0. The van der Waals surface area contributed by atoms with E-state index in [4.69, 9.17) is 0 Å². The highest BCUT2D eigenvalue weighted by molar-refractivity contribution is 7.92. The molecule has 3 rings (SSSR count). The number of carbonyl (C=O) groups excluding carboxylic acids is 1. The number of fused-ring (bicyclic) bond motifs is 1. The summed E-state index contributed by atoms with van der Waals surface area (Å²) in [6, 6.07) is 11.7. The standard InChI is InChI=1S/C22H28N2O3S/c1-15-10-16(2)12-21(11-15)24(28(4,26)27)14-22(25)23-17(3)19-9-8-18-6-5-7-20(18)13-19/h8-13,17H,5-7,14H2,1-4H3,(H,23,25)/t17-/m1/s1. The molecule has 1 aliphatic carbocycles. The Kier molecular flexibility index (Phi) is 5.79. The maximum Gasteiger partial charge on any atom is 0.241 e. The molecule has 1 aliphatic rings. The molecule has 0 unspecified atom stereocenters. The molecule has 0 aromatic heterocycles. The van der Waals surface area contributed by atoms with Crippen LogP contribution in [0.5, 0.6) is 0 Å². The van der Waals surface area contributed by atoms with E-state index in [0.29, 0.717) is 5.69 Å². The third-order valence-electron chi connectivity index (χ3n) is 5.18. The maximum atomic E-state index is 12.6. The van der Waals surface area contributed by atoms with Gasteiger partial charge in [-0.05, 0) is 80.0 Å². The molecular formula is C22H28N2O3S. The fourth-order valence-corrected chi connectivity index (χ4v) is 4.70. The van der Waals surface area contributed by atoms with Crippen molar-refractivity contribution in [2.45, 2.75) is 46.1 Å². The Morgan fingerprint density at radius 3 is 2.36 bits per heavy atom. The average molecular weight is 401 g/mol. The molecule has 0 saturated heterocycles. The van der Waals surface area contributed by atoms with Crippen molar-refractivity contribution in [3.63, 3.8) is 0 Å². The van der Waals surface area contributed by atoms with Gasteiger partial charge in [-0.15, -0.1) is 0 Å². The van der Waals surface area contributed by atoms with Crippen molar-refractivity contribution in [1.82, 2.24) is 5.32 Å². The van der Waals surface area contributed by atoms with Crippen LogP contribution in [0.3, 0.4) is 0 Å². The highest BCUT2D eigenvalue weighted by Gasteiger charge is 2.23. The summed E-state index contributed by atoms with van der Waals surface area (Å²) < 4.78 is 25.8. The summed E-state index contributed by atoms with van der Waals surface area (Å²) in [7, 11) is -3.58. The molecule has 0 spiro atoms. The van der Waals surface area contributed by atoms with Gasteiger partial charge in [0.2, 0.25) is 15.9 Å². The molecule has 0 heterocycles. The quantitative estimate of drug-likeness (QED) is 0.808. The Labute approximate surface area is 167 Å². The van der Waals surface area contributed by atoms with Gasteiger partial charge in [-0.3, -0.25) is 9.10 Å². The number of sulfonamides is 1. The Morgan fingerprint density at radius 1 is 1.07 bits per heavy atom. The minimum absolute atomic E-state index is 0.181. The number of nitrogens with zero attached hydrogens (tertiary/aromatic N) is 1. The molecule has 0 aliphatic heterocycles. The van der Waals surface area contributed by atoms with Gasteiger partial charge >= 0.3 is 0 Å². The average Bonchev–Trinajstić information content (AvgIpc) is 3.05. The van der Waals surface area contributed by atoms with Crippen LogP contribution in [0.2, 0.25) is 0 Å². The molecule has 0 fully saturated rings. The van der Waals surface area contributed by atoms with Crippen molar-refractivity contribution in [2.24, 2.45) is 0 Å². The van der Waals surface area contributed by atoms with Crippen LogP contribution in [0, 0.1) is 13.8 Å². The molecule has 2 aromatic rings. The lowest BCUT2D eigenvalue weighted by molar-refractivity contribution is -0.120. The summed E-state index contributed by atoms with van der Waals surface area (Å²) in [5, 5.41) is 2.94. The summed E-state index contributed by atoms with van der Waals surface area (Å²) in [6.45, 7) is 5.51. The van der Waals surface area contributed by atoms with E-state index in [1.54, 1.807) is 12.1 Å². The van der Waals surface area contributed by atoms with Gasteiger partial charge < -0.3 is 5.32 Å². The van der Waals surface area contributed by atoms with E-state index in [1.807, 2.05) is 32.9 Å². The number of nitrogens with one attached hydrogen (secondary N) is 1. The van der Waals surface area contributed by atoms with E-state index in [1.165, 1.54) is 17.5 Å². The Morgan fingerprint density at radius 2 is 1.71 bits per heavy atom. The second-order valence-electron chi connectivity index (χ2n) is 7.79. The molecule has 0 radical (unpaired) electrons. The van der Waals surface area contributed by atoms with Gasteiger partial charge in [0.05, 0.1) is 18.0 Å². The minimum atomic E-state index is -3.58. The van der Waals surface area contributed by atoms with Crippen LogP contribution >= 0.6 is 0 Å². The van der Waals surface area contributed by atoms with E-state index >= 15 is 0 Å². The second-order valence-corrected chi connectivity index (χ2v) is 9.69. The van der Waals surface area contributed by atoms with Crippen molar-refractivity contribution >= 4 is 21.6 Å². The number of benzene rings is 2. The molecular weight excluding hydrogens is 372 g/mol. The second kappa shape index (κ2) is 7.95. The number of aryl methyl sites for hydroxylation is 4. The van der Waals surface area contributed by atoms with Gasteiger partial charge in [-0.25, -0.2) is 8.42 Å². The van der Waals surface area contributed by atoms with Gasteiger partial charge in [-0.2, -0.15) is 0 Å². The Hall–Kier alpha value is -2.34. The topological polar surface area (TPSA) is 66.5 Å². The van der Waals surface area contributed by atoms with E-state index in [9.17, 15) is 13.2 Å². The zero-order valence-corrected chi connectivity index (χ0v) is 17.8. The van der Waals surface area contributed by atoms with Crippen LogP contribution in [-0.4, -0.2) is 27.1 Å². The summed E-state index contributed by atoms with van der Waals surface area (Å²) >= 11 is 0. The highest BCUT2D eigenvalue weighted by Crippen LogP contribution is 2.26. The summed E-state index contributed by atoms with van der Waals surface area (Å²) in [5.74, 6) is -0.322. The zero-order chi connectivity index (χ0) is 20.5. The molecule has 1 amide bonds. The smallest absolute Gasteiger partial charge is 0.241 e. The number of hydrogen-bond acceptors (Lipinski definition) is 3. The van der Waals surface area contributed by atoms with Gasteiger partial charge in [0.1, 0.15) is 6.54 Å². The molecule has 150 valence electrons. The number of amides is 1. The lowest BCUT2D eigenvalue weighted by Gasteiger charge is -2.24. The molecule has 0 saturated carbocycles. The van der Waals surface area contributed by atoms with Crippen molar-refractivity contribution < 1.29 is 13.2 Å². The minimum Gasteiger partial charge on any atom is -0.348 e. The molecule has 1 N–H and O–H groups in total. The molecule has 1 atom stereocenters. The summed E-state index contributed by atoms with van der Waals surface area (Å²) in [6.07, 6.45) is 4.51. The number of hydrogen-bond donors (Lipinski definition) is 1. The molecule has 2 aromatic carbocycles. The van der Waals surface area contributed by atoms with Crippen LogP contribution in [0.4, 0.5) is 5.69 Å². The van der Waals surface area contributed by atoms with Gasteiger partial charge in [0.25, 0.3) is 0 Å². The van der Waals surface area contributed by atoms with Crippen molar-refractivity contribution in [1.29, 1.82) is 0 Å². The van der Waals surface area contributed by atoms with E-state index in [2.05, 4.69) is 17.4 Å². The van der Waals surface area contributed by atoms with E-state index in [-0.39, 0.29) is 18.5 Å². The monoisotopic (exact) mass is 400 g/mol. The third-order valence-corrected chi connectivity index (χ3v) is 6.32. The van der Waals surface area contributed by atoms with Crippen molar-refractivity contribution in [2.75, 3.05) is 17.1 Å². The molecule has 0 bridgehead atoms. The summed E-state index contributed by atoms with van der Waals surface area (Å²) in [4.78, 5) is 12.6. The Bertz CT molecular complexity index is 979. The predicted molar refractivity (Wildman–Crippen MR) is 113 cm³/mol. The van der Waals surface area contributed by atoms with Crippen LogP contribution in [0.15, 0.2) is 36.4 Å². The number of rotatable bonds is 6. The highest BCUT2D eigenvalue weighted by atomic mass is 32.2. The summed E-state index contributed by atoms with van der Waals surface area (Å²) in [5.41, 5.74) is 6.21. The van der Waals surface area contributed by atoms with E-state index in [0.717, 1.165) is 40.1 Å². The molecule has 5 nitrogen and oxygen atoms in total.